The second kappa shape index (κ2) is 2.94. The Morgan fingerprint density at radius 1 is 1.58 bits per heavy atom. The summed E-state index contributed by atoms with van der Waals surface area (Å²) in [6, 6.07) is 1.39. The number of hydrogen-bond donors (Lipinski definition) is 1. The van der Waals surface area contributed by atoms with E-state index in [0.29, 0.717) is 6.07 Å². The van der Waals surface area contributed by atoms with E-state index in [2.05, 4.69) is 0 Å². The van der Waals surface area contributed by atoms with Crippen LogP contribution in [0.1, 0.15) is 0 Å². The molecule has 0 aliphatic carbocycles. The Balaban J connectivity index is 3.37. The summed E-state index contributed by atoms with van der Waals surface area (Å²) >= 11 is 5.27. The first-order chi connectivity index (χ1) is 5.52. The number of phenols is 1. The molecular weight excluding hydrogens is 189 g/mol. The van der Waals surface area contributed by atoms with Crippen LogP contribution in [0.3, 0.4) is 0 Å². The lowest BCUT2D eigenvalue weighted by Gasteiger charge is -1.97. The minimum atomic E-state index is -0.912. The van der Waals surface area contributed by atoms with Gasteiger partial charge < -0.3 is 5.11 Å². The molecule has 0 atom stereocenters. The first kappa shape index (κ1) is 8.73. The van der Waals surface area contributed by atoms with E-state index >= 15 is 0 Å². The van der Waals surface area contributed by atoms with Crippen molar-refractivity contribution in [1.29, 1.82) is 0 Å². The lowest BCUT2D eigenvalue weighted by atomic mass is 10.3. The summed E-state index contributed by atoms with van der Waals surface area (Å²) < 4.78 is 12.5. The molecule has 0 saturated heterocycles. The van der Waals surface area contributed by atoms with Crippen molar-refractivity contribution in [3.05, 3.63) is 33.1 Å². The fourth-order valence-corrected chi connectivity index (χ4v) is 0.893. The molecule has 12 heavy (non-hydrogen) atoms. The predicted molar refractivity (Wildman–Crippen MR) is 39.7 cm³/mol. The van der Waals surface area contributed by atoms with Gasteiger partial charge in [-0.3, -0.25) is 10.1 Å². The molecule has 0 aliphatic heterocycles. The number of rotatable bonds is 1. The lowest BCUT2D eigenvalue weighted by molar-refractivity contribution is -0.386. The third kappa shape index (κ3) is 1.45. The minimum Gasteiger partial charge on any atom is -0.501 e. The Morgan fingerprint density at radius 2 is 2.17 bits per heavy atom. The molecule has 0 amide bonds. The van der Waals surface area contributed by atoms with E-state index in [-0.39, 0.29) is 5.02 Å². The number of nitro groups is 1. The Morgan fingerprint density at radius 3 is 2.67 bits per heavy atom. The van der Waals surface area contributed by atoms with Gasteiger partial charge >= 0.3 is 5.69 Å². The van der Waals surface area contributed by atoms with E-state index in [0.717, 1.165) is 6.07 Å². The van der Waals surface area contributed by atoms with E-state index in [9.17, 15) is 14.5 Å². The highest BCUT2D eigenvalue weighted by molar-refractivity contribution is 6.32. The van der Waals surface area contributed by atoms with Gasteiger partial charge in [0.25, 0.3) is 0 Å². The van der Waals surface area contributed by atoms with Crippen molar-refractivity contribution in [3.63, 3.8) is 0 Å². The van der Waals surface area contributed by atoms with Crippen LogP contribution in [0.4, 0.5) is 10.1 Å². The molecule has 4 nitrogen and oxygen atoms in total. The number of nitro benzene ring substituents is 1. The highest BCUT2D eigenvalue weighted by Crippen LogP contribution is 2.33. The summed E-state index contributed by atoms with van der Waals surface area (Å²) in [5.74, 6) is -1.58. The lowest BCUT2D eigenvalue weighted by Crippen LogP contribution is -1.90. The van der Waals surface area contributed by atoms with Crippen molar-refractivity contribution in [3.8, 4) is 5.75 Å². The molecule has 1 N–H and O–H groups in total. The summed E-state index contributed by atoms with van der Waals surface area (Å²) in [7, 11) is 0. The second-order valence-corrected chi connectivity index (χ2v) is 2.42. The van der Waals surface area contributed by atoms with Crippen molar-refractivity contribution in [2.45, 2.75) is 0 Å². The number of aromatic hydroxyl groups is 1. The van der Waals surface area contributed by atoms with E-state index in [1.54, 1.807) is 0 Å². The van der Waals surface area contributed by atoms with E-state index in [1.165, 1.54) is 0 Å². The SMILES string of the molecule is O=[N+]([O-])c1cc(F)cc(Cl)c1O. The molecule has 0 saturated carbocycles. The van der Waals surface area contributed by atoms with Gasteiger partial charge in [0.2, 0.25) is 5.75 Å². The second-order valence-electron chi connectivity index (χ2n) is 2.01. The zero-order chi connectivity index (χ0) is 9.30. The summed E-state index contributed by atoms with van der Waals surface area (Å²) in [6.07, 6.45) is 0. The molecule has 0 unspecified atom stereocenters. The van der Waals surface area contributed by atoms with Gasteiger partial charge in [-0.2, -0.15) is 0 Å². The van der Waals surface area contributed by atoms with Crippen LogP contribution in [0.15, 0.2) is 12.1 Å². The van der Waals surface area contributed by atoms with Crippen molar-refractivity contribution in [1.82, 2.24) is 0 Å². The van der Waals surface area contributed by atoms with Gasteiger partial charge in [0.1, 0.15) is 5.82 Å². The molecule has 6 heteroatoms. The zero-order valence-corrected chi connectivity index (χ0v) is 6.38. The molecular formula is C6H3ClFNO3. The van der Waals surface area contributed by atoms with Gasteiger partial charge in [0.15, 0.2) is 0 Å². The largest absolute Gasteiger partial charge is 0.501 e. The fraction of sp³-hybridized carbons (Fsp3) is 0. The van der Waals surface area contributed by atoms with Gasteiger partial charge in [-0.15, -0.1) is 0 Å². The molecule has 0 radical (unpaired) electrons. The summed E-state index contributed by atoms with van der Waals surface area (Å²) in [4.78, 5) is 9.23. The van der Waals surface area contributed by atoms with Crippen LogP contribution >= 0.6 is 11.6 Å². The Labute approximate surface area is 71.3 Å². The third-order valence-corrected chi connectivity index (χ3v) is 1.49. The van der Waals surface area contributed by atoms with Gasteiger partial charge in [-0.05, 0) is 6.07 Å². The first-order valence-corrected chi connectivity index (χ1v) is 3.22. The Kier molecular flexibility index (Phi) is 2.14. The summed E-state index contributed by atoms with van der Waals surface area (Å²) in [5, 5.41) is 18.7. The molecule has 0 heterocycles. The molecule has 0 aliphatic rings. The molecule has 1 rings (SSSR count). The van der Waals surface area contributed by atoms with E-state index in [1.807, 2.05) is 0 Å². The maximum Gasteiger partial charge on any atom is 0.315 e. The smallest absolute Gasteiger partial charge is 0.315 e. The Bertz CT molecular complexity index is 342. The zero-order valence-electron chi connectivity index (χ0n) is 5.62. The Hall–Kier alpha value is -1.36. The molecule has 0 aromatic heterocycles. The number of hydrogen-bond acceptors (Lipinski definition) is 3. The van der Waals surface area contributed by atoms with Crippen LogP contribution in [0.5, 0.6) is 5.75 Å². The monoisotopic (exact) mass is 191 g/mol. The normalized spacial score (nSPS) is 9.83. The number of benzene rings is 1. The van der Waals surface area contributed by atoms with Crippen LogP contribution in [0, 0.1) is 15.9 Å². The fourth-order valence-electron chi connectivity index (χ4n) is 0.692. The standard InChI is InChI=1S/C6H3ClFNO3/c7-4-1-3(8)2-5(6(4)10)9(11)12/h1-2,10H. The van der Waals surface area contributed by atoms with Gasteiger partial charge in [-0.25, -0.2) is 4.39 Å². The average Bonchev–Trinajstić information content (AvgIpc) is 1.96. The molecule has 0 spiro atoms. The van der Waals surface area contributed by atoms with Crippen molar-refractivity contribution >= 4 is 17.3 Å². The van der Waals surface area contributed by atoms with Crippen molar-refractivity contribution in [2.24, 2.45) is 0 Å². The van der Waals surface area contributed by atoms with Crippen LogP contribution in [-0.4, -0.2) is 10.0 Å². The van der Waals surface area contributed by atoms with Crippen LogP contribution in [0.25, 0.3) is 0 Å². The number of phenolic OH excluding ortho intramolecular Hbond substituents is 1. The maximum atomic E-state index is 12.5. The van der Waals surface area contributed by atoms with Crippen LogP contribution < -0.4 is 0 Å². The van der Waals surface area contributed by atoms with E-state index < -0.39 is 22.2 Å². The summed E-state index contributed by atoms with van der Waals surface area (Å²) in [6.45, 7) is 0. The van der Waals surface area contributed by atoms with Crippen LogP contribution in [0.2, 0.25) is 5.02 Å². The predicted octanol–water partition coefficient (Wildman–Crippen LogP) is 2.09. The maximum absolute atomic E-state index is 12.5. The van der Waals surface area contributed by atoms with Crippen molar-refractivity contribution < 1.29 is 14.4 Å². The van der Waals surface area contributed by atoms with Gasteiger partial charge in [0, 0.05) is 0 Å². The molecule has 1 aromatic carbocycles. The first-order valence-electron chi connectivity index (χ1n) is 2.85. The molecule has 64 valence electrons. The van der Waals surface area contributed by atoms with Gasteiger partial charge in [0.05, 0.1) is 16.0 Å². The highest BCUT2D eigenvalue weighted by atomic mass is 35.5. The molecule has 1 aromatic rings. The average molecular weight is 192 g/mol. The number of halogens is 2. The van der Waals surface area contributed by atoms with Crippen molar-refractivity contribution in [2.75, 3.05) is 0 Å². The number of nitrogens with zero attached hydrogens (tertiary/aromatic N) is 1. The molecule has 0 fully saturated rings. The minimum absolute atomic E-state index is 0.373. The van der Waals surface area contributed by atoms with Crippen LogP contribution in [-0.2, 0) is 0 Å². The highest BCUT2D eigenvalue weighted by Gasteiger charge is 2.17. The van der Waals surface area contributed by atoms with E-state index in [4.69, 9.17) is 16.7 Å². The topological polar surface area (TPSA) is 63.4 Å². The van der Waals surface area contributed by atoms with Gasteiger partial charge in [-0.1, -0.05) is 11.6 Å². The summed E-state index contributed by atoms with van der Waals surface area (Å²) in [5.41, 5.74) is -0.736. The third-order valence-electron chi connectivity index (χ3n) is 1.20. The molecule has 0 bridgehead atoms. The quantitative estimate of drug-likeness (QED) is 0.546.